The van der Waals surface area contributed by atoms with Crippen LogP contribution < -0.4 is 0 Å². The fourth-order valence-corrected chi connectivity index (χ4v) is 1.28. The second-order valence-electron chi connectivity index (χ2n) is 3.87. The highest BCUT2D eigenvalue weighted by atomic mass is 16.5. The molecule has 4 N–H and O–H groups in total. The highest BCUT2D eigenvalue weighted by Crippen LogP contribution is 2.13. The van der Waals surface area contributed by atoms with E-state index in [-0.39, 0.29) is 6.10 Å². The lowest BCUT2D eigenvalue weighted by atomic mass is 10.0. The molecule has 0 bridgehead atoms. The molecule has 0 fully saturated rings. The lowest BCUT2D eigenvalue weighted by Crippen LogP contribution is -2.48. The summed E-state index contributed by atoms with van der Waals surface area (Å²) in [6.45, 7) is 4.71. The molecular weight excluding hydrogens is 200 g/mol. The van der Waals surface area contributed by atoms with Gasteiger partial charge in [0.2, 0.25) is 0 Å². The average molecular weight is 222 g/mol. The number of aliphatic hydroxyl groups is 4. The summed E-state index contributed by atoms with van der Waals surface area (Å²) in [5.41, 5.74) is 0. The third-order valence-corrected chi connectivity index (χ3v) is 2.14. The molecule has 0 saturated carbocycles. The van der Waals surface area contributed by atoms with Crippen LogP contribution >= 0.6 is 0 Å². The van der Waals surface area contributed by atoms with Gasteiger partial charge in [0.25, 0.3) is 0 Å². The molecule has 0 aliphatic rings. The number of hydrogen-bond acceptors (Lipinski definition) is 5. The van der Waals surface area contributed by atoms with Crippen molar-refractivity contribution in [2.45, 2.75) is 57.7 Å². The quantitative estimate of drug-likeness (QED) is 0.456. The van der Waals surface area contributed by atoms with E-state index in [0.717, 1.165) is 0 Å². The molecule has 5 heteroatoms. The fourth-order valence-electron chi connectivity index (χ4n) is 1.28. The van der Waals surface area contributed by atoms with E-state index in [1.807, 2.05) is 0 Å². The van der Waals surface area contributed by atoms with Crippen LogP contribution in [0.25, 0.3) is 0 Å². The lowest BCUT2D eigenvalue weighted by molar-refractivity contribution is -0.157. The first-order valence-corrected chi connectivity index (χ1v) is 5.24. The van der Waals surface area contributed by atoms with Crippen LogP contribution in [-0.4, -0.2) is 57.6 Å². The number of rotatable bonds is 7. The van der Waals surface area contributed by atoms with Crippen molar-refractivity contribution in [3.05, 3.63) is 0 Å². The minimum Gasteiger partial charge on any atom is -0.394 e. The highest BCUT2D eigenvalue weighted by molar-refractivity contribution is 4.82. The molecule has 92 valence electrons. The Morgan fingerprint density at radius 3 is 1.93 bits per heavy atom. The Balaban J connectivity index is 4.46. The first kappa shape index (κ1) is 14.8. The average Bonchev–Trinajstić information content (AvgIpc) is 2.22. The van der Waals surface area contributed by atoms with Gasteiger partial charge in [0.1, 0.15) is 18.3 Å². The van der Waals surface area contributed by atoms with E-state index in [0.29, 0.717) is 6.42 Å². The van der Waals surface area contributed by atoms with Gasteiger partial charge in [0.05, 0.1) is 18.8 Å². The van der Waals surface area contributed by atoms with E-state index < -0.39 is 31.0 Å². The van der Waals surface area contributed by atoms with Crippen LogP contribution in [0.3, 0.4) is 0 Å². The van der Waals surface area contributed by atoms with Crippen LogP contribution in [-0.2, 0) is 4.74 Å². The summed E-state index contributed by atoms with van der Waals surface area (Å²) in [6.07, 6.45) is -4.16. The molecule has 0 aromatic rings. The molecule has 4 atom stereocenters. The van der Waals surface area contributed by atoms with Crippen molar-refractivity contribution in [2.24, 2.45) is 0 Å². The van der Waals surface area contributed by atoms with E-state index in [9.17, 15) is 15.3 Å². The highest BCUT2D eigenvalue weighted by Gasteiger charge is 2.32. The van der Waals surface area contributed by atoms with E-state index in [2.05, 4.69) is 0 Å². The summed E-state index contributed by atoms with van der Waals surface area (Å²) in [5.74, 6) is 0. The van der Waals surface area contributed by atoms with Gasteiger partial charge in [0.15, 0.2) is 0 Å². The van der Waals surface area contributed by atoms with Gasteiger partial charge in [-0.2, -0.15) is 0 Å². The van der Waals surface area contributed by atoms with Gasteiger partial charge >= 0.3 is 0 Å². The number of ether oxygens (including phenoxy) is 1. The Morgan fingerprint density at radius 1 is 1.07 bits per heavy atom. The van der Waals surface area contributed by atoms with Crippen LogP contribution in [0.4, 0.5) is 0 Å². The van der Waals surface area contributed by atoms with Gasteiger partial charge in [-0.15, -0.1) is 0 Å². The molecule has 0 aromatic carbocycles. The van der Waals surface area contributed by atoms with Gasteiger partial charge in [-0.3, -0.25) is 0 Å². The molecule has 0 spiro atoms. The van der Waals surface area contributed by atoms with Gasteiger partial charge in [-0.1, -0.05) is 6.92 Å². The largest absolute Gasteiger partial charge is 0.394 e. The zero-order chi connectivity index (χ0) is 12.0. The zero-order valence-electron chi connectivity index (χ0n) is 9.50. The van der Waals surface area contributed by atoms with E-state index >= 15 is 0 Å². The molecule has 5 nitrogen and oxygen atoms in total. The van der Waals surface area contributed by atoms with Crippen molar-refractivity contribution in [3.8, 4) is 0 Å². The van der Waals surface area contributed by atoms with Gasteiger partial charge in [-0.25, -0.2) is 0 Å². The monoisotopic (exact) mass is 222 g/mol. The third-order valence-electron chi connectivity index (χ3n) is 2.14. The van der Waals surface area contributed by atoms with E-state index in [1.54, 1.807) is 20.8 Å². The van der Waals surface area contributed by atoms with E-state index in [1.165, 1.54) is 0 Å². The van der Waals surface area contributed by atoms with E-state index in [4.69, 9.17) is 9.84 Å². The van der Waals surface area contributed by atoms with Crippen molar-refractivity contribution in [3.63, 3.8) is 0 Å². The molecule has 0 aromatic heterocycles. The topological polar surface area (TPSA) is 90.2 Å². The summed E-state index contributed by atoms with van der Waals surface area (Å²) in [6, 6.07) is 0. The maximum atomic E-state index is 9.68. The maximum absolute atomic E-state index is 9.68. The normalized spacial score (nSPS) is 20.0. The smallest absolute Gasteiger partial charge is 0.114 e. The van der Waals surface area contributed by atoms with Gasteiger partial charge in [-0.05, 0) is 20.3 Å². The zero-order valence-corrected chi connectivity index (χ0v) is 9.50. The molecule has 0 saturated heterocycles. The fraction of sp³-hybridized carbons (Fsp3) is 1.00. The van der Waals surface area contributed by atoms with Crippen molar-refractivity contribution >= 4 is 0 Å². The second-order valence-corrected chi connectivity index (χ2v) is 3.87. The first-order chi connectivity index (χ1) is 6.93. The lowest BCUT2D eigenvalue weighted by Gasteiger charge is -2.30. The molecule has 0 radical (unpaired) electrons. The Labute approximate surface area is 90.3 Å². The first-order valence-electron chi connectivity index (χ1n) is 5.24. The summed E-state index contributed by atoms with van der Waals surface area (Å²) in [7, 11) is 0. The Morgan fingerprint density at radius 2 is 1.60 bits per heavy atom. The molecule has 0 aliphatic heterocycles. The minimum atomic E-state index is -1.19. The predicted octanol–water partition coefficient (Wildman–Crippen LogP) is -0.735. The SMILES string of the molecule is CC[C@@H](O)C(O)[C@H](OC(C)C)C(O)CO. The van der Waals surface area contributed by atoms with Crippen LogP contribution in [0, 0.1) is 0 Å². The molecule has 0 heterocycles. The molecule has 0 rings (SSSR count). The maximum Gasteiger partial charge on any atom is 0.114 e. The van der Waals surface area contributed by atoms with Crippen LogP contribution in [0.15, 0.2) is 0 Å². The predicted molar refractivity (Wildman–Crippen MR) is 55.4 cm³/mol. The van der Waals surface area contributed by atoms with Crippen molar-refractivity contribution in [1.82, 2.24) is 0 Å². The van der Waals surface area contributed by atoms with Crippen molar-refractivity contribution < 1.29 is 25.2 Å². The number of hydrogen-bond donors (Lipinski definition) is 4. The summed E-state index contributed by atoms with van der Waals surface area (Å²) < 4.78 is 5.27. The second kappa shape index (κ2) is 7.14. The standard InChI is InChI=1S/C10H22O5/c1-4-7(12)9(14)10(8(13)5-11)15-6(2)3/h6-14H,4-5H2,1-3H3/t7-,8?,9?,10-/m1/s1. The van der Waals surface area contributed by atoms with Crippen molar-refractivity contribution in [2.75, 3.05) is 6.61 Å². The summed E-state index contributed by atoms with van der Waals surface area (Å²) >= 11 is 0. The third kappa shape index (κ3) is 4.90. The Kier molecular flexibility index (Phi) is 7.04. The Hall–Kier alpha value is -0.200. The molecule has 2 unspecified atom stereocenters. The van der Waals surface area contributed by atoms with Crippen molar-refractivity contribution in [1.29, 1.82) is 0 Å². The Bertz CT molecular complexity index is 162. The molecule has 0 aliphatic carbocycles. The minimum absolute atomic E-state index is 0.199. The number of aliphatic hydroxyl groups excluding tert-OH is 4. The summed E-state index contributed by atoms with van der Waals surface area (Å²) in [5, 5.41) is 37.3. The van der Waals surface area contributed by atoms with Crippen LogP contribution in [0.1, 0.15) is 27.2 Å². The van der Waals surface area contributed by atoms with Crippen LogP contribution in [0.2, 0.25) is 0 Å². The molecule has 15 heavy (non-hydrogen) atoms. The van der Waals surface area contributed by atoms with Gasteiger partial charge < -0.3 is 25.2 Å². The van der Waals surface area contributed by atoms with Crippen LogP contribution in [0.5, 0.6) is 0 Å². The van der Waals surface area contributed by atoms with Gasteiger partial charge in [0, 0.05) is 0 Å². The molecule has 0 amide bonds. The molecular formula is C10H22O5. The summed E-state index contributed by atoms with van der Waals surface area (Å²) in [4.78, 5) is 0.